The van der Waals surface area contributed by atoms with Crippen LogP contribution in [0.3, 0.4) is 0 Å². The van der Waals surface area contributed by atoms with E-state index >= 15 is 0 Å². The van der Waals surface area contributed by atoms with Crippen LogP contribution in [0.4, 0.5) is 17.1 Å². The van der Waals surface area contributed by atoms with Crippen molar-refractivity contribution >= 4 is 40.1 Å². The summed E-state index contributed by atoms with van der Waals surface area (Å²) >= 11 is 0. The maximum absolute atomic E-state index is 13.1. The Morgan fingerprint density at radius 1 is 0.436 bits per heavy atom. The van der Waals surface area contributed by atoms with Gasteiger partial charge in [-0.25, -0.2) is 9.59 Å². The van der Waals surface area contributed by atoms with Crippen LogP contribution in [0.15, 0.2) is 127 Å². The molecule has 0 saturated carbocycles. The monoisotopic (exact) mass is 507 g/mol. The molecule has 0 bridgehead atoms. The number of carbonyl (C=O) groups is 2. The molecule has 0 aromatic heterocycles. The van der Waals surface area contributed by atoms with Crippen molar-refractivity contribution in [2.24, 2.45) is 0 Å². The molecule has 0 atom stereocenters. The van der Waals surface area contributed by atoms with E-state index in [2.05, 4.69) is 29.2 Å². The number of rotatable bonds is 5. The molecular weight excluding hydrogens is 486 g/mol. The second kappa shape index (κ2) is 9.15. The van der Waals surface area contributed by atoms with Crippen LogP contribution in [0, 0.1) is 0 Å². The zero-order valence-electron chi connectivity index (χ0n) is 20.7. The SMILES string of the molecule is O=C1Oc2cc3c(cc2=C1c1ccccc1)OC(=O)C=3c1ccc(N(c2ccccc2)c2ccccc2)cc1. The molecule has 7 rings (SSSR count). The highest BCUT2D eigenvalue weighted by Crippen LogP contribution is 2.35. The number of esters is 2. The van der Waals surface area contributed by atoms with E-state index < -0.39 is 11.9 Å². The highest BCUT2D eigenvalue weighted by atomic mass is 16.5. The van der Waals surface area contributed by atoms with E-state index in [4.69, 9.17) is 9.47 Å². The zero-order valence-corrected chi connectivity index (χ0v) is 20.7. The number of nitrogens with zero attached hydrogens (tertiary/aromatic N) is 1. The van der Waals surface area contributed by atoms with Crippen LogP contribution < -0.4 is 24.8 Å². The Morgan fingerprint density at radius 3 is 1.28 bits per heavy atom. The molecule has 5 aromatic rings. The topological polar surface area (TPSA) is 55.8 Å². The van der Waals surface area contributed by atoms with Crippen molar-refractivity contribution in [3.8, 4) is 11.5 Å². The minimum Gasteiger partial charge on any atom is -0.422 e. The number of hydrogen-bond donors (Lipinski definition) is 0. The van der Waals surface area contributed by atoms with Crippen LogP contribution in [0.2, 0.25) is 0 Å². The predicted octanol–water partition coefficient (Wildman–Crippen LogP) is 5.39. The lowest BCUT2D eigenvalue weighted by Crippen LogP contribution is -2.12. The van der Waals surface area contributed by atoms with Gasteiger partial charge in [-0.2, -0.15) is 0 Å². The van der Waals surface area contributed by atoms with Crippen molar-refractivity contribution in [3.63, 3.8) is 0 Å². The molecule has 5 heteroatoms. The Kier molecular flexibility index (Phi) is 5.34. The van der Waals surface area contributed by atoms with Crippen molar-refractivity contribution in [2.75, 3.05) is 4.90 Å². The number of benzene rings is 5. The molecule has 0 aliphatic carbocycles. The average Bonchev–Trinajstić information content (AvgIpc) is 3.47. The van der Waals surface area contributed by atoms with Gasteiger partial charge < -0.3 is 14.4 Å². The quantitative estimate of drug-likeness (QED) is 0.236. The summed E-state index contributed by atoms with van der Waals surface area (Å²) in [6.07, 6.45) is 0. The number of para-hydroxylation sites is 2. The number of ether oxygens (including phenoxy) is 2. The van der Waals surface area contributed by atoms with Crippen LogP contribution in [0.25, 0.3) is 11.1 Å². The van der Waals surface area contributed by atoms with Gasteiger partial charge in [-0.3, -0.25) is 0 Å². The van der Waals surface area contributed by atoms with Gasteiger partial charge >= 0.3 is 11.9 Å². The van der Waals surface area contributed by atoms with Gasteiger partial charge in [0, 0.05) is 27.5 Å². The Labute approximate surface area is 224 Å². The van der Waals surface area contributed by atoms with Crippen molar-refractivity contribution in [1.29, 1.82) is 0 Å². The summed E-state index contributed by atoms with van der Waals surface area (Å²) in [6, 6.07) is 40.9. The Bertz CT molecular complexity index is 1820. The molecule has 2 aliphatic heterocycles. The van der Waals surface area contributed by atoms with Gasteiger partial charge in [0.15, 0.2) is 0 Å². The summed E-state index contributed by atoms with van der Waals surface area (Å²) in [5.41, 5.74) is 5.38. The molecule has 0 amide bonds. The largest absolute Gasteiger partial charge is 0.422 e. The summed E-state index contributed by atoms with van der Waals surface area (Å²) in [6.45, 7) is 0. The number of hydrogen-bond acceptors (Lipinski definition) is 5. The molecule has 2 heterocycles. The fourth-order valence-electron chi connectivity index (χ4n) is 5.17. The normalized spacial score (nSPS) is 13.5. The summed E-state index contributed by atoms with van der Waals surface area (Å²) in [5, 5.41) is 1.23. The van der Waals surface area contributed by atoms with E-state index in [-0.39, 0.29) is 0 Å². The molecule has 0 unspecified atom stereocenters. The number of carbonyl (C=O) groups excluding carboxylic acids is 2. The minimum atomic E-state index is -0.433. The van der Waals surface area contributed by atoms with Gasteiger partial charge in [-0.05, 0) is 59.7 Å². The fraction of sp³-hybridized carbons (Fsp3) is 0. The third-order valence-corrected chi connectivity index (χ3v) is 6.94. The molecule has 0 saturated heterocycles. The van der Waals surface area contributed by atoms with Crippen molar-refractivity contribution in [3.05, 3.63) is 149 Å². The first-order chi connectivity index (χ1) is 19.2. The molecule has 0 spiro atoms. The third kappa shape index (κ3) is 3.88. The second-order valence-corrected chi connectivity index (χ2v) is 9.29. The number of anilines is 3. The summed E-state index contributed by atoms with van der Waals surface area (Å²) in [7, 11) is 0. The molecule has 2 aliphatic rings. The smallest absolute Gasteiger partial charge is 0.344 e. The highest BCUT2D eigenvalue weighted by Gasteiger charge is 2.30. The zero-order chi connectivity index (χ0) is 26.3. The fourth-order valence-corrected chi connectivity index (χ4v) is 5.17. The van der Waals surface area contributed by atoms with Crippen LogP contribution >= 0.6 is 0 Å². The Morgan fingerprint density at radius 2 is 0.821 bits per heavy atom. The van der Waals surface area contributed by atoms with E-state index in [1.54, 1.807) is 12.1 Å². The Hall–Kier alpha value is -5.42. The summed E-state index contributed by atoms with van der Waals surface area (Å²) < 4.78 is 11.3. The standard InChI is InChI=1S/C34H21NO4/c36-33-31(22-10-4-1-5-11-22)27-20-30-28(21-29(27)38-33)32(34(37)39-30)23-16-18-26(19-17-23)35(24-12-6-2-7-13-24)25-14-8-3-9-15-25/h1-21H. The number of fused-ring (bicyclic) bond motifs is 2. The molecule has 5 aromatic carbocycles. The van der Waals surface area contributed by atoms with Gasteiger partial charge in [-0.15, -0.1) is 0 Å². The van der Waals surface area contributed by atoms with Gasteiger partial charge in [0.2, 0.25) is 0 Å². The first-order valence-corrected chi connectivity index (χ1v) is 12.6. The maximum Gasteiger partial charge on any atom is 0.344 e. The lowest BCUT2D eigenvalue weighted by atomic mass is 10.0. The molecule has 5 nitrogen and oxygen atoms in total. The maximum atomic E-state index is 13.1. The Balaban J connectivity index is 1.33. The molecule has 0 N–H and O–H groups in total. The van der Waals surface area contributed by atoms with Crippen molar-refractivity contribution in [1.82, 2.24) is 0 Å². The van der Waals surface area contributed by atoms with Crippen LogP contribution in [0.5, 0.6) is 11.5 Å². The lowest BCUT2D eigenvalue weighted by molar-refractivity contribution is -0.128. The molecule has 39 heavy (non-hydrogen) atoms. The summed E-state index contributed by atoms with van der Waals surface area (Å²) in [5.74, 6) is -0.0138. The third-order valence-electron chi connectivity index (χ3n) is 6.94. The molecular formula is C34H21NO4. The van der Waals surface area contributed by atoms with E-state index in [1.807, 2.05) is 91.0 Å². The van der Waals surface area contributed by atoms with E-state index in [9.17, 15) is 9.59 Å². The van der Waals surface area contributed by atoms with Gasteiger partial charge in [0.1, 0.15) is 11.5 Å². The molecule has 0 fully saturated rings. The van der Waals surface area contributed by atoms with Crippen molar-refractivity contribution < 1.29 is 19.1 Å². The minimum absolute atomic E-state index is 0.416. The van der Waals surface area contributed by atoms with Crippen LogP contribution in [0.1, 0.15) is 11.1 Å². The lowest BCUT2D eigenvalue weighted by Gasteiger charge is -2.25. The molecule has 186 valence electrons. The second-order valence-electron chi connectivity index (χ2n) is 9.29. The van der Waals surface area contributed by atoms with E-state index in [0.29, 0.717) is 33.1 Å². The van der Waals surface area contributed by atoms with Gasteiger partial charge in [0.05, 0.1) is 11.1 Å². The highest BCUT2D eigenvalue weighted by molar-refractivity contribution is 6.21. The molecule has 0 radical (unpaired) electrons. The van der Waals surface area contributed by atoms with E-state index in [0.717, 1.165) is 28.2 Å². The van der Waals surface area contributed by atoms with Crippen LogP contribution in [-0.4, -0.2) is 11.9 Å². The van der Waals surface area contributed by atoms with Crippen LogP contribution in [-0.2, 0) is 9.59 Å². The predicted molar refractivity (Wildman–Crippen MR) is 150 cm³/mol. The van der Waals surface area contributed by atoms with Gasteiger partial charge in [-0.1, -0.05) is 78.9 Å². The summed E-state index contributed by atoms with van der Waals surface area (Å²) in [4.78, 5) is 27.9. The average molecular weight is 508 g/mol. The van der Waals surface area contributed by atoms with Crippen molar-refractivity contribution in [2.45, 2.75) is 0 Å². The first-order valence-electron chi connectivity index (χ1n) is 12.6. The van der Waals surface area contributed by atoms with E-state index in [1.165, 1.54) is 0 Å². The first kappa shape index (κ1) is 22.8. The van der Waals surface area contributed by atoms with Gasteiger partial charge in [0.25, 0.3) is 0 Å².